The Morgan fingerprint density at radius 1 is 1.12 bits per heavy atom. The Hall–Kier alpha value is -2.43. The molecule has 5 heteroatoms. The van der Waals surface area contributed by atoms with Gasteiger partial charge in [-0.1, -0.05) is 18.2 Å². The fourth-order valence-electron chi connectivity index (χ4n) is 2.45. The third-order valence-electron chi connectivity index (χ3n) is 4.35. The zero-order valence-electron chi connectivity index (χ0n) is 14.4. The summed E-state index contributed by atoms with van der Waals surface area (Å²) >= 11 is 0. The Balaban J connectivity index is 1.51. The number of amides is 2. The molecule has 1 aromatic heterocycles. The van der Waals surface area contributed by atoms with Gasteiger partial charge in [0.05, 0.1) is 12.2 Å². The maximum Gasteiger partial charge on any atom is 0.246 e. The smallest absolute Gasteiger partial charge is 0.246 e. The first kappa shape index (κ1) is 17.4. The largest absolute Gasteiger partial charge is 0.351 e. The topological polar surface area (TPSA) is 62.3 Å². The van der Waals surface area contributed by atoms with Crippen LogP contribution in [0.4, 0.5) is 0 Å². The van der Waals surface area contributed by atoms with E-state index in [9.17, 15) is 9.59 Å². The zero-order chi connectivity index (χ0) is 17.5. The van der Waals surface area contributed by atoms with E-state index >= 15 is 0 Å². The lowest BCUT2D eigenvalue weighted by Gasteiger charge is -2.21. The third-order valence-corrected chi connectivity index (χ3v) is 4.35. The summed E-state index contributed by atoms with van der Waals surface area (Å²) in [6.45, 7) is 1.35. The molecule has 3 rings (SSSR count). The van der Waals surface area contributed by atoms with E-state index in [4.69, 9.17) is 0 Å². The fraction of sp³-hybridized carbons (Fsp3) is 0.450. The number of carbonyl (C=O) groups excluding carboxylic acids is 2. The minimum atomic E-state index is -0.0920. The van der Waals surface area contributed by atoms with E-state index in [-0.39, 0.29) is 11.8 Å². The first-order chi connectivity index (χ1) is 12.2. The molecule has 0 unspecified atom stereocenters. The summed E-state index contributed by atoms with van der Waals surface area (Å²) in [7, 11) is 0. The highest BCUT2D eigenvalue weighted by Gasteiger charge is 2.19. The second-order valence-electron chi connectivity index (χ2n) is 6.76. The average Bonchev–Trinajstić information content (AvgIpc) is 3.52. The minimum absolute atomic E-state index is 0.0275. The molecule has 25 heavy (non-hydrogen) atoms. The van der Waals surface area contributed by atoms with Crippen LogP contribution in [0.5, 0.6) is 0 Å². The first-order valence-electron chi connectivity index (χ1n) is 9.04. The molecule has 0 atom stereocenters. The second-order valence-corrected chi connectivity index (χ2v) is 6.76. The van der Waals surface area contributed by atoms with Crippen molar-refractivity contribution in [3.63, 3.8) is 0 Å². The zero-order valence-corrected chi connectivity index (χ0v) is 14.4. The number of carbonyl (C=O) groups is 2. The lowest BCUT2D eigenvalue weighted by atomic mass is 10.3. The van der Waals surface area contributed by atoms with E-state index in [1.54, 1.807) is 23.2 Å². The summed E-state index contributed by atoms with van der Waals surface area (Å²) < 4.78 is 0. The van der Waals surface area contributed by atoms with Gasteiger partial charge < -0.3 is 10.2 Å². The van der Waals surface area contributed by atoms with E-state index in [0.29, 0.717) is 31.5 Å². The van der Waals surface area contributed by atoms with E-state index in [0.717, 1.165) is 5.69 Å². The fourth-order valence-corrected chi connectivity index (χ4v) is 2.45. The number of hydrogen-bond acceptors (Lipinski definition) is 3. The maximum atomic E-state index is 12.5. The Morgan fingerprint density at radius 3 is 2.48 bits per heavy atom. The Labute approximate surface area is 148 Å². The standard InChI is InChI=1S/C20H25N3O2/c24-19(10-8-16-4-5-16)22-13-14-23(15-18-3-1-2-12-21-18)20(25)11-9-17-6-7-17/h1-3,8-12,16-17H,4-7,13-15H2,(H,22,24)/b10-8+,11-9+. The van der Waals surface area contributed by atoms with Gasteiger partial charge >= 0.3 is 0 Å². The SMILES string of the molecule is O=C(/C=C/C1CC1)NCCN(Cc1ccccn1)C(=O)/C=C/C1CC1. The molecule has 1 N–H and O–H groups in total. The van der Waals surface area contributed by atoms with Gasteiger partial charge in [0.2, 0.25) is 11.8 Å². The van der Waals surface area contributed by atoms with Crippen LogP contribution in [0, 0.1) is 11.8 Å². The molecule has 2 fully saturated rings. The molecular weight excluding hydrogens is 314 g/mol. The summed E-state index contributed by atoms with van der Waals surface area (Å²) in [6, 6.07) is 5.67. The van der Waals surface area contributed by atoms with Crippen LogP contribution in [0.25, 0.3) is 0 Å². The summed E-state index contributed by atoms with van der Waals surface area (Å²) in [4.78, 5) is 30.3. The van der Waals surface area contributed by atoms with E-state index in [1.165, 1.54) is 25.7 Å². The molecule has 0 spiro atoms. The van der Waals surface area contributed by atoms with Crippen LogP contribution >= 0.6 is 0 Å². The molecule has 0 radical (unpaired) electrons. The number of rotatable bonds is 9. The molecule has 0 bridgehead atoms. The first-order valence-corrected chi connectivity index (χ1v) is 9.04. The monoisotopic (exact) mass is 339 g/mol. The molecule has 1 heterocycles. The van der Waals surface area contributed by atoms with Crippen molar-refractivity contribution < 1.29 is 9.59 Å². The highest BCUT2D eigenvalue weighted by Crippen LogP contribution is 2.30. The molecule has 0 saturated heterocycles. The van der Waals surface area contributed by atoms with Gasteiger partial charge in [0.25, 0.3) is 0 Å². The van der Waals surface area contributed by atoms with Crippen molar-refractivity contribution >= 4 is 11.8 Å². The number of allylic oxidation sites excluding steroid dienone is 2. The van der Waals surface area contributed by atoms with Gasteiger partial charge in [0.1, 0.15) is 0 Å². The van der Waals surface area contributed by atoms with Gasteiger partial charge in [-0.2, -0.15) is 0 Å². The second kappa shape index (κ2) is 8.60. The summed E-state index contributed by atoms with van der Waals surface area (Å²) in [5.74, 6) is 1.03. The molecule has 132 valence electrons. The van der Waals surface area contributed by atoms with Crippen molar-refractivity contribution in [1.29, 1.82) is 0 Å². The summed E-state index contributed by atoms with van der Waals surface area (Å²) in [6.07, 6.45) is 13.7. The van der Waals surface area contributed by atoms with E-state index < -0.39 is 0 Å². The van der Waals surface area contributed by atoms with Crippen LogP contribution in [0.3, 0.4) is 0 Å². The molecule has 0 aliphatic heterocycles. The minimum Gasteiger partial charge on any atom is -0.351 e. The molecule has 1 aromatic rings. The van der Waals surface area contributed by atoms with Crippen LogP contribution in [0.15, 0.2) is 48.7 Å². The maximum absolute atomic E-state index is 12.5. The normalized spacial score (nSPS) is 17.1. The van der Waals surface area contributed by atoms with Gasteiger partial charge in [0.15, 0.2) is 0 Å². The molecule has 2 amide bonds. The molecular formula is C20H25N3O2. The Morgan fingerprint density at radius 2 is 1.84 bits per heavy atom. The van der Waals surface area contributed by atoms with Crippen molar-refractivity contribution in [2.45, 2.75) is 32.2 Å². The number of hydrogen-bond donors (Lipinski definition) is 1. The molecule has 0 aromatic carbocycles. The van der Waals surface area contributed by atoms with Gasteiger partial charge in [-0.15, -0.1) is 0 Å². The van der Waals surface area contributed by atoms with Crippen LogP contribution in [0.2, 0.25) is 0 Å². The third kappa shape index (κ3) is 6.53. The van der Waals surface area contributed by atoms with Crippen molar-refractivity contribution in [3.8, 4) is 0 Å². The van der Waals surface area contributed by atoms with E-state index in [1.807, 2.05) is 30.4 Å². The van der Waals surface area contributed by atoms with Crippen molar-refractivity contribution in [2.75, 3.05) is 13.1 Å². The molecule has 2 aliphatic rings. The molecule has 5 nitrogen and oxygen atoms in total. The number of nitrogens with zero attached hydrogens (tertiary/aromatic N) is 2. The highest BCUT2D eigenvalue weighted by molar-refractivity contribution is 5.88. The van der Waals surface area contributed by atoms with Gasteiger partial charge in [-0.25, -0.2) is 0 Å². The van der Waals surface area contributed by atoms with Crippen molar-refractivity contribution in [1.82, 2.24) is 15.2 Å². The van der Waals surface area contributed by atoms with Crippen molar-refractivity contribution in [2.24, 2.45) is 11.8 Å². The van der Waals surface area contributed by atoms with Gasteiger partial charge in [0, 0.05) is 19.3 Å². The quantitative estimate of drug-likeness (QED) is 0.703. The van der Waals surface area contributed by atoms with Crippen LogP contribution in [0.1, 0.15) is 31.4 Å². The highest BCUT2D eigenvalue weighted by atomic mass is 16.2. The lowest BCUT2D eigenvalue weighted by Crippen LogP contribution is -2.37. The average molecular weight is 339 g/mol. The predicted octanol–water partition coefficient (Wildman–Crippen LogP) is 2.46. The van der Waals surface area contributed by atoms with Crippen LogP contribution in [-0.4, -0.2) is 34.8 Å². The number of aromatic nitrogens is 1. The van der Waals surface area contributed by atoms with Crippen LogP contribution < -0.4 is 5.32 Å². The van der Waals surface area contributed by atoms with Gasteiger partial charge in [-0.05, 0) is 61.8 Å². The predicted molar refractivity (Wildman–Crippen MR) is 96.4 cm³/mol. The molecule has 2 aliphatic carbocycles. The molecule has 2 saturated carbocycles. The number of nitrogens with one attached hydrogen (secondary N) is 1. The van der Waals surface area contributed by atoms with Crippen LogP contribution in [-0.2, 0) is 16.1 Å². The van der Waals surface area contributed by atoms with Gasteiger partial charge in [-0.3, -0.25) is 14.6 Å². The number of pyridine rings is 1. The van der Waals surface area contributed by atoms with E-state index in [2.05, 4.69) is 10.3 Å². The van der Waals surface area contributed by atoms with Crippen molar-refractivity contribution in [3.05, 3.63) is 54.4 Å². The summed E-state index contributed by atoms with van der Waals surface area (Å²) in [5.41, 5.74) is 0.843. The summed E-state index contributed by atoms with van der Waals surface area (Å²) in [5, 5.41) is 2.85. The Bertz CT molecular complexity index is 646. The Kier molecular flexibility index (Phi) is 5.99. The lowest BCUT2D eigenvalue weighted by molar-refractivity contribution is -0.127.